The summed E-state index contributed by atoms with van der Waals surface area (Å²) in [6.45, 7) is 5.41. The van der Waals surface area contributed by atoms with Crippen LogP contribution in [0, 0.1) is 0 Å². The summed E-state index contributed by atoms with van der Waals surface area (Å²) >= 11 is 5.45. The van der Waals surface area contributed by atoms with Gasteiger partial charge in [0.05, 0.1) is 0 Å². The molecule has 1 aliphatic heterocycles. The van der Waals surface area contributed by atoms with Gasteiger partial charge in [-0.05, 0) is 20.8 Å². The maximum atomic E-state index is 12.5. The Kier molecular flexibility index (Phi) is 5.74. The van der Waals surface area contributed by atoms with E-state index in [-0.39, 0.29) is 29.2 Å². The molecule has 1 aromatic heterocycles. The SMILES string of the molecule is CC(C)(C)OC(=O)N1C[C@@H](S)C[C@]1(C=O)Nc1nc(N=S(=O)=O)cs1. The summed E-state index contributed by atoms with van der Waals surface area (Å²) in [6, 6.07) is 0. The molecule has 2 heterocycles. The lowest BCUT2D eigenvalue weighted by atomic mass is 10.1. The number of nitrogens with zero attached hydrogens (tertiary/aromatic N) is 3. The third-order valence-electron chi connectivity index (χ3n) is 3.21. The number of rotatable bonds is 4. The number of anilines is 1. The molecule has 0 aliphatic carbocycles. The van der Waals surface area contributed by atoms with Crippen molar-refractivity contribution < 1.29 is 22.7 Å². The lowest BCUT2D eigenvalue weighted by Crippen LogP contribution is -2.55. The molecule has 9 nitrogen and oxygen atoms in total. The highest BCUT2D eigenvalue weighted by Gasteiger charge is 2.49. The average Bonchev–Trinajstić information content (AvgIpc) is 3.01. The fraction of sp³-hybridized carbons (Fsp3) is 0.615. The fourth-order valence-electron chi connectivity index (χ4n) is 2.35. The second-order valence-corrected chi connectivity index (χ2v) is 8.64. The maximum Gasteiger partial charge on any atom is 0.412 e. The number of amides is 1. The number of aromatic nitrogens is 1. The highest BCUT2D eigenvalue weighted by Crippen LogP contribution is 2.35. The number of likely N-dealkylation sites (tertiary alicyclic amines) is 1. The Hall–Kier alpha value is -1.66. The summed E-state index contributed by atoms with van der Waals surface area (Å²) in [4.78, 5) is 29.6. The van der Waals surface area contributed by atoms with E-state index in [2.05, 4.69) is 27.3 Å². The second kappa shape index (κ2) is 7.30. The number of thiol groups is 1. The van der Waals surface area contributed by atoms with Crippen LogP contribution in [0.1, 0.15) is 27.2 Å². The predicted octanol–water partition coefficient (Wildman–Crippen LogP) is 2.08. The first-order valence-electron chi connectivity index (χ1n) is 7.24. The molecule has 0 bridgehead atoms. The van der Waals surface area contributed by atoms with Crippen molar-refractivity contribution in [3.8, 4) is 0 Å². The molecule has 2 atom stereocenters. The average molecular weight is 407 g/mol. The van der Waals surface area contributed by atoms with Crippen LogP contribution in [0.3, 0.4) is 0 Å². The molecule has 1 amide bonds. The molecule has 1 saturated heterocycles. The van der Waals surface area contributed by atoms with Gasteiger partial charge in [-0.15, -0.1) is 15.7 Å². The molecule has 25 heavy (non-hydrogen) atoms. The van der Waals surface area contributed by atoms with Crippen molar-refractivity contribution in [2.45, 2.75) is 43.7 Å². The van der Waals surface area contributed by atoms with Crippen molar-refractivity contribution in [1.82, 2.24) is 9.88 Å². The molecule has 0 unspecified atom stereocenters. The minimum absolute atomic E-state index is 0.00822. The van der Waals surface area contributed by atoms with E-state index < -0.39 is 27.9 Å². The van der Waals surface area contributed by atoms with Gasteiger partial charge in [-0.1, -0.05) is 0 Å². The van der Waals surface area contributed by atoms with Gasteiger partial charge in [-0.3, -0.25) is 9.69 Å². The molecule has 0 radical (unpaired) electrons. The molecule has 1 N–H and O–H groups in total. The summed E-state index contributed by atoms with van der Waals surface area (Å²) in [6.07, 6.45) is 0.209. The van der Waals surface area contributed by atoms with Crippen molar-refractivity contribution in [2.24, 2.45) is 4.36 Å². The van der Waals surface area contributed by atoms with Crippen LogP contribution >= 0.6 is 24.0 Å². The zero-order chi connectivity index (χ0) is 18.8. The van der Waals surface area contributed by atoms with E-state index in [4.69, 9.17) is 4.74 Å². The Morgan fingerprint density at radius 1 is 1.60 bits per heavy atom. The first-order valence-corrected chi connectivity index (χ1v) is 9.67. The van der Waals surface area contributed by atoms with Crippen LogP contribution in [0.15, 0.2) is 9.74 Å². The number of hydrogen-bond donors (Lipinski definition) is 2. The summed E-state index contributed by atoms with van der Waals surface area (Å²) in [5, 5.41) is 4.34. The van der Waals surface area contributed by atoms with Crippen LogP contribution in [0.25, 0.3) is 0 Å². The summed E-state index contributed by atoms with van der Waals surface area (Å²) in [5.74, 6) is -0.00822. The Balaban J connectivity index is 2.29. The van der Waals surface area contributed by atoms with E-state index in [9.17, 15) is 18.0 Å². The molecule has 1 aliphatic rings. The zero-order valence-corrected chi connectivity index (χ0v) is 16.3. The van der Waals surface area contributed by atoms with Gasteiger partial charge >= 0.3 is 16.6 Å². The van der Waals surface area contributed by atoms with E-state index in [1.165, 1.54) is 10.3 Å². The molecule has 1 aromatic rings. The van der Waals surface area contributed by atoms with Crippen molar-refractivity contribution in [1.29, 1.82) is 0 Å². The van der Waals surface area contributed by atoms with Crippen LogP contribution in [0.4, 0.5) is 15.7 Å². The third kappa shape index (κ3) is 4.92. The maximum absolute atomic E-state index is 12.5. The van der Waals surface area contributed by atoms with Gasteiger partial charge in [0.1, 0.15) is 5.60 Å². The van der Waals surface area contributed by atoms with Crippen molar-refractivity contribution in [3.05, 3.63) is 5.38 Å². The van der Waals surface area contributed by atoms with E-state index in [0.29, 0.717) is 6.29 Å². The summed E-state index contributed by atoms with van der Waals surface area (Å²) in [5.41, 5.74) is -2.09. The Bertz CT molecular complexity index is 793. The van der Waals surface area contributed by atoms with E-state index in [1.54, 1.807) is 20.8 Å². The first kappa shape index (κ1) is 19.7. The van der Waals surface area contributed by atoms with Crippen molar-refractivity contribution in [2.75, 3.05) is 11.9 Å². The predicted molar refractivity (Wildman–Crippen MR) is 95.9 cm³/mol. The molecule has 0 saturated carbocycles. The Labute approximate surface area is 155 Å². The number of carbonyl (C=O) groups excluding carboxylic acids is 2. The molecule has 2 rings (SSSR count). The van der Waals surface area contributed by atoms with Crippen LogP contribution < -0.4 is 5.32 Å². The Morgan fingerprint density at radius 2 is 2.28 bits per heavy atom. The quantitative estimate of drug-likeness (QED) is 0.580. The van der Waals surface area contributed by atoms with E-state index >= 15 is 0 Å². The second-order valence-electron chi connectivity index (χ2n) is 6.44. The van der Waals surface area contributed by atoms with Gasteiger partial charge in [0, 0.05) is 23.6 Å². The van der Waals surface area contributed by atoms with Gasteiger partial charge in [0.25, 0.3) is 0 Å². The highest BCUT2D eigenvalue weighted by molar-refractivity contribution is 7.81. The van der Waals surface area contributed by atoms with E-state index in [0.717, 1.165) is 11.3 Å². The van der Waals surface area contributed by atoms with Gasteiger partial charge in [0.2, 0.25) is 0 Å². The minimum Gasteiger partial charge on any atom is -0.444 e. The largest absolute Gasteiger partial charge is 0.444 e. The number of hydrogen-bond acceptors (Lipinski definition) is 10. The topological polar surface area (TPSA) is 118 Å². The standard InChI is InChI=1S/C13H18N4O5S3/c1-12(2,3)22-11(19)17-5-8(23)4-13(17,7-18)15-10-14-9(6-24-10)16-25(20)21/h6-8,23H,4-5H2,1-3H3,(H,14,15)/t8-,13-/m0/s1. The molecule has 12 heteroatoms. The number of carbonyl (C=O) groups is 2. The molecular weight excluding hydrogens is 388 g/mol. The van der Waals surface area contributed by atoms with Gasteiger partial charge < -0.3 is 10.1 Å². The van der Waals surface area contributed by atoms with E-state index in [1.807, 2.05) is 0 Å². The minimum atomic E-state index is -2.63. The van der Waals surface area contributed by atoms with Gasteiger partial charge in [-0.2, -0.15) is 26.0 Å². The molecule has 1 fully saturated rings. The number of nitrogens with one attached hydrogen (secondary N) is 1. The first-order chi connectivity index (χ1) is 11.5. The molecule has 0 aromatic carbocycles. The normalized spacial score (nSPS) is 23.2. The molecular formula is C13H18N4O5S3. The fourth-order valence-corrected chi connectivity index (χ4v) is 3.81. The summed E-state index contributed by atoms with van der Waals surface area (Å²) in [7, 11) is -2.63. The number of thiazole rings is 1. The van der Waals surface area contributed by atoms with Gasteiger partial charge in [0.15, 0.2) is 22.9 Å². The number of ether oxygens (including phenoxy) is 1. The van der Waals surface area contributed by atoms with Gasteiger partial charge in [-0.25, -0.2) is 4.79 Å². The Morgan fingerprint density at radius 3 is 2.84 bits per heavy atom. The third-order valence-corrected chi connectivity index (χ3v) is 4.64. The number of aldehydes is 1. The molecule has 138 valence electrons. The lowest BCUT2D eigenvalue weighted by Gasteiger charge is -2.35. The highest BCUT2D eigenvalue weighted by atomic mass is 32.2. The summed E-state index contributed by atoms with van der Waals surface area (Å²) < 4.78 is 29.8. The van der Waals surface area contributed by atoms with Crippen molar-refractivity contribution in [3.63, 3.8) is 0 Å². The zero-order valence-electron chi connectivity index (χ0n) is 13.8. The van der Waals surface area contributed by atoms with Crippen molar-refractivity contribution >= 4 is 57.8 Å². The van der Waals surface area contributed by atoms with Crippen LogP contribution in [0.5, 0.6) is 0 Å². The van der Waals surface area contributed by atoms with Crippen LogP contribution in [0.2, 0.25) is 0 Å². The smallest absolute Gasteiger partial charge is 0.412 e. The lowest BCUT2D eigenvalue weighted by molar-refractivity contribution is -0.115. The van der Waals surface area contributed by atoms with Crippen LogP contribution in [-0.2, 0) is 20.0 Å². The van der Waals surface area contributed by atoms with Crippen LogP contribution in [-0.4, -0.2) is 53.7 Å². The monoisotopic (exact) mass is 406 g/mol. The molecule has 0 spiro atoms.